The maximum absolute atomic E-state index is 12.3. The topological polar surface area (TPSA) is 69.5 Å². The summed E-state index contributed by atoms with van der Waals surface area (Å²) in [5.74, 6) is 0.635. The highest BCUT2D eigenvalue weighted by Gasteiger charge is 2.31. The van der Waals surface area contributed by atoms with Gasteiger partial charge in [0, 0.05) is 33.0 Å². The van der Waals surface area contributed by atoms with Gasteiger partial charge in [-0.05, 0) is 36.4 Å². The first-order chi connectivity index (χ1) is 14.7. The smallest absolute Gasteiger partial charge is 0.490 e. The van der Waals surface area contributed by atoms with Crippen LogP contribution >= 0.6 is 11.6 Å². The summed E-state index contributed by atoms with van der Waals surface area (Å²) in [4.78, 5) is 22.8. The summed E-state index contributed by atoms with van der Waals surface area (Å²) in [7, 11) is 1.63. The Morgan fingerprint density at radius 3 is 2.32 bits per heavy atom. The minimum atomic E-state index is -4.73. The Morgan fingerprint density at radius 2 is 1.68 bits per heavy atom. The largest absolute Gasteiger partial charge is 0.573 e. The maximum Gasteiger partial charge on any atom is 0.573 e. The molecule has 0 aliphatic carbocycles. The van der Waals surface area contributed by atoms with Gasteiger partial charge in [0.25, 0.3) is 0 Å². The first-order valence-electron chi connectivity index (χ1n) is 9.50. The number of ether oxygens (including phenoxy) is 2. The second-order valence-electron chi connectivity index (χ2n) is 7.10. The van der Waals surface area contributed by atoms with Gasteiger partial charge in [-0.3, -0.25) is 4.57 Å². The van der Waals surface area contributed by atoms with Gasteiger partial charge in [-0.15, -0.1) is 13.2 Å². The third kappa shape index (κ3) is 4.84. The lowest BCUT2D eigenvalue weighted by Gasteiger charge is -2.33. The minimum absolute atomic E-state index is 0.125. The third-order valence-electron chi connectivity index (χ3n) is 5.00. The van der Waals surface area contributed by atoms with Crippen LogP contribution in [0.25, 0.3) is 11.0 Å². The first-order valence-corrected chi connectivity index (χ1v) is 9.88. The monoisotopic (exact) mass is 454 g/mol. The van der Waals surface area contributed by atoms with Crippen LogP contribution in [0.4, 0.5) is 19.0 Å². The summed E-state index contributed by atoms with van der Waals surface area (Å²) >= 11 is 6.05. The third-order valence-corrected chi connectivity index (χ3v) is 5.21. The molecule has 0 unspecified atom stereocenters. The molecule has 3 aromatic rings. The molecule has 4 rings (SSSR count). The van der Waals surface area contributed by atoms with Crippen LogP contribution in [-0.2, 0) is 7.05 Å². The van der Waals surface area contributed by atoms with E-state index >= 15 is 0 Å². The summed E-state index contributed by atoms with van der Waals surface area (Å²) < 4.78 is 48.0. The fourth-order valence-corrected chi connectivity index (χ4v) is 3.65. The van der Waals surface area contributed by atoms with E-state index in [1.165, 1.54) is 28.8 Å². The van der Waals surface area contributed by atoms with E-state index in [9.17, 15) is 18.0 Å². The summed E-state index contributed by atoms with van der Waals surface area (Å²) in [6, 6.07) is 8.66. The Hall–Kier alpha value is -3.01. The van der Waals surface area contributed by atoms with Gasteiger partial charge in [0.05, 0.1) is 5.52 Å². The van der Waals surface area contributed by atoms with Crippen LogP contribution in [0.15, 0.2) is 41.2 Å². The molecular formula is C20H18ClF3N4O3. The average molecular weight is 455 g/mol. The molecule has 1 aliphatic heterocycles. The van der Waals surface area contributed by atoms with Gasteiger partial charge in [-0.1, -0.05) is 11.6 Å². The Balaban J connectivity index is 1.44. The molecule has 0 N–H and O–H groups in total. The highest BCUT2D eigenvalue weighted by atomic mass is 35.5. The second-order valence-corrected chi connectivity index (χ2v) is 7.49. The van der Waals surface area contributed by atoms with Crippen molar-refractivity contribution in [3.63, 3.8) is 0 Å². The zero-order valence-corrected chi connectivity index (χ0v) is 17.2. The number of pyridine rings is 1. The zero-order chi connectivity index (χ0) is 22.2. The van der Waals surface area contributed by atoms with Crippen molar-refractivity contribution in [2.45, 2.75) is 25.3 Å². The molecule has 7 nitrogen and oxygen atoms in total. The van der Waals surface area contributed by atoms with Gasteiger partial charge in [0.1, 0.15) is 28.3 Å². The number of hydrogen-bond donors (Lipinski definition) is 0. The van der Waals surface area contributed by atoms with Crippen molar-refractivity contribution < 1.29 is 22.6 Å². The molecule has 0 bridgehead atoms. The van der Waals surface area contributed by atoms with Crippen molar-refractivity contribution in [2.24, 2.45) is 7.05 Å². The molecule has 1 aliphatic rings. The number of piperidine rings is 1. The fourth-order valence-electron chi connectivity index (χ4n) is 3.50. The molecule has 1 aromatic carbocycles. The predicted octanol–water partition coefficient (Wildman–Crippen LogP) is 3.93. The van der Waals surface area contributed by atoms with Crippen molar-refractivity contribution in [1.29, 1.82) is 0 Å². The molecule has 0 saturated carbocycles. The van der Waals surface area contributed by atoms with E-state index in [0.29, 0.717) is 53.7 Å². The second kappa shape index (κ2) is 8.26. The molecule has 1 fully saturated rings. The van der Waals surface area contributed by atoms with Crippen molar-refractivity contribution in [1.82, 2.24) is 14.5 Å². The van der Waals surface area contributed by atoms with E-state index in [1.807, 2.05) is 4.90 Å². The number of hydrogen-bond acceptors (Lipinski definition) is 6. The fraction of sp³-hybridized carbons (Fsp3) is 0.350. The lowest BCUT2D eigenvalue weighted by atomic mass is 10.1. The van der Waals surface area contributed by atoms with Gasteiger partial charge in [-0.25, -0.2) is 9.78 Å². The van der Waals surface area contributed by atoms with Gasteiger partial charge in [0.2, 0.25) is 0 Å². The number of benzene rings is 1. The SMILES string of the molecule is Cn1c(=O)nc(N2CCC(Oc3ccc(OC(F)(F)F)cc3)CC2)c2nc(Cl)ccc21. The minimum Gasteiger partial charge on any atom is -0.490 e. The number of fused-ring (bicyclic) bond motifs is 1. The number of aryl methyl sites for hydroxylation is 1. The van der Waals surface area contributed by atoms with E-state index in [1.54, 1.807) is 19.2 Å². The number of halogens is 4. The van der Waals surface area contributed by atoms with Crippen LogP contribution in [-0.4, -0.2) is 40.1 Å². The standard InChI is InChI=1S/C20H18ClF3N4O3/c1-27-15-6-7-16(21)25-17(15)18(26-19(27)29)28-10-8-13(9-11-28)30-12-2-4-14(5-3-12)31-20(22,23)24/h2-7,13H,8-11H2,1H3. The highest BCUT2D eigenvalue weighted by molar-refractivity contribution is 6.29. The molecule has 31 heavy (non-hydrogen) atoms. The molecule has 3 heterocycles. The normalized spacial score (nSPS) is 15.3. The molecule has 1 saturated heterocycles. The molecule has 0 atom stereocenters. The Kier molecular flexibility index (Phi) is 5.65. The lowest BCUT2D eigenvalue weighted by Crippen LogP contribution is -2.40. The Bertz CT molecular complexity index is 1140. The molecule has 0 spiro atoms. The molecule has 0 amide bonds. The van der Waals surface area contributed by atoms with Crippen molar-refractivity contribution in [3.05, 3.63) is 52.0 Å². The van der Waals surface area contributed by atoms with Gasteiger partial charge >= 0.3 is 12.1 Å². The summed E-state index contributed by atoms with van der Waals surface area (Å²) in [6.45, 7) is 1.15. The van der Waals surface area contributed by atoms with Crippen molar-refractivity contribution in [3.8, 4) is 11.5 Å². The van der Waals surface area contributed by atoms with E-state index in [0.717, 1.165) is 0 Å². The summed E-state index contributed by atoms with van der Waals surface area (Å²) in [5, 5.41) is 0.311. The van der Waals surface area contributed by atoms with Crippen LogP contribution in [0.1, 0.15) is 12.8 Å². The first kappa shape index (κ1) is 21.2. The van der Waals surface area contributed by atoms with E-state index in [-0.39, 0.29) is 17.5 Å². The molecular weight excluding hydrogens is 437 g/mol. The molecule has 164 valence electrons. The van der Waals surface area contributed by atoms with E-state index in [2.05, 4.69) is 14.7 Å². The van der Waals surface area contributed by atoms with E-state index < -0.39 is 6.36 Å². The molecule has 0 radical (unpaired) electrons. The van der Waals surface area contributed by atoms with Gasteiger partial charge in [-0.2, -0.15) is 4.98 Å². The molecule has 2 aromatic heterocycles. The summed E-state index contributed by atoms with van der Waals surface area (Å²) in [6.07, 6.45) is -3.58. The zero-order valence-electron chi connectivity index (χ0n) is 16.4. The van der Waals surface area contributed by atoms with Crippen molar-refractivity contribution >= 4 is 28.5 Å². The average Bonchev–Trinajstić information content (AvgIpc) is 2.72. The van der Waals surface area contributed by atoms with Gasteiger partial charge in [0.15, 0.2) is 5.82 Å². The number of aromatic nitrogens is 3. The molecule has 11 heteroatoms. The van der Waals surface area contributed by atoms with Crippen LogP contribution in [0.3, 0.4) is 0 Å². The highest BCUT2D eigenvalue weighted by Crippen LogP contribution is 2.28. The summed E-state index contributed by atoms with van der Waals surface area (Å²) in [5.41, 5.74) is 0.805. The Morgan fingerprint density at radius 1 is 1.03 bits per heavy atom. The van der Waals surface area contributed by atoms with Crippen LogP contribution in [0.5, 0.6) is 11.5 Å². The van der Waals surface area contributed by atoms with E-state index in [4.69, 9.17) is 16.3 Å². The van der Waals surface area contributed by atoms with Crippen LogP contribution in [0.2, 0.25) is 5.15 Å². The lowest BCUT2D eigenvalue weighted by molar-refractivity contribution is -0.274. The number of nitrogens with zero attached hydrogens (tertiary/aromatic N) is 4. The van der Waals surface area contributed by atoms with Crippen LogP contribution < -0.4 is 20.1 Å². The van der Waals surface area contributed by atoms with Crippen molar-refractivity contribution in [2.75, 3.05) is 18.0 Å². The predicted molar refractivity (Wildman–Crippen MR) is 109 cm³/mol. The quantitative estimate of drug-likeness (QED) is 0.556. The van der Waals surface area contributed by atoms with Gasteiger partial charge < -0.3 is 14.4 Å². The van der Waals surface area contributed by atoms with Crippen LogP contribution in [0, 0.1) is 0 Å². The Labute approximate surface area is 180 Å². The maximum atomic E-state index is 12.3. The number of rotatable bonds is 4. The number of alkyl halides is 3. The number of anilines is 1.